The standard InChI is InChI=1S/C17H25FN4O.HI/c1-13-4-3-9-22(12-13)17(19)21-8-7-20-16(23)11-14-5-2-6-15(18)10-14;/h2,5-6,10,13H,3-4,7-9,11-12H2,1H3,(H2,19,21)(H,20,23);1H. The fourth-order valence-corrected chi connectivity index (χ4v) is 2.76. The lowest BCUT2D eigenvalue weighted by molar-refractivity contribution is -0.120. The number of piperidine rings is 1. The van der Waals surface area contributed by atoms with Crippen LogP contribution in [-0.4, -0.2) is 42.9 Å². The van der Waals surface area contributed by atoms with Gasteiger partial charge in [-0.15, -0.1) is 24.0 Å². The van der Waals surface area contributed by atoms with E-state index in [0.29, 0.717) is 30.5 Å². The van der Waals surface area contributed by atoms with E-state index in [1.54, 1.807) is 12.1 Å². The molecule has 0 radical (unpaired) electrons. The van der Waals surface area contributed by atoms with Crippen molar-refractivity contribution in [3.8, 4) is 0 Å². The Balaban J connectivity index is 0.00000288. The van der Waals surface area contributed by atoms with E-state index in [4.69, 9.17) is 5.73 Å². The maximum absolute atomic E-state index is 13.0. The van der Waals surface area contributed by atoms with Gasteiger partial charge in [0.25, 0.3) is 0 Å². The third-order valence-corrected chi connectivity index (χ3v) is 3.94. The summed E-state index contributed by atoms with van der Waals surface area (Å²) in [7, 11) is 0. The van der Waals surface area contributed by atoms with Crippen molar-refractivity contribution in [3.63, 3.8) is 0 Å². The smallest absolute Gasteiger partial charge is 0.224 e. The minimum atomic E-state index is -0.330. The van der Waals surface area contributed by atoms with Crippen molar-refractivity contribution in [2.24, 2.45) is 16.6 Å². The predicted molar refractivity (Wildman–Crippen MR) is 105 cm³/mol. The van der Waals surface area contributed by atoms with Gasteiger partial charge >= 0.3 is 0 Å². The summed E-state index contributed by atoms with van der Waals surface area (Å²) in [5, 5.41) is 2.78. The zero-order valence-electron chi connectivity index (χ0n) is 14.0. The minimum Gasteiger partial charge on any atom is -0.370 e. The van der Waals surface area contributed by atoms with E-state index in [1.165, 1.54) is 18.6 Å². The van der Waals surface area contributed by atoms with Gasteiger partial charge in [0, 0.05) is 19.6 Å². The van der Waals surface area contributed by atoms with Crippen molar-refractivity contribution in [1.29, 1.82) is 0 Å². The number of rotatable bonds is 5. The quantitative estimate of drug-likeness (QED) is 0.314. The van der Waals surface area contributed by atoms with Crippen LogP contribution in [0.5, 0.6) is 0 Å². The van der Waals surface area contributed by atoms with Crippen molar-refractivity contribution in [2.75, 3.05) is 26.2 Å². The summed E-state index contributed by atoms with van der Waals surface area (Å²) < 4.78 is 13.0. The molecule has 2 rings (SSSR count). The highest BCUT2D eigenvalue weighted by molar-refractivity contribution is 14.0. The molecule has 1 amide bonds. The maximum atomic E-state index is 13.0. The Kier molecular flexibility index (Phi) is 9.02. The molecule has 0 saturated carbocycles. The number of halogens is 2. The minimum absolute atomic E-state index is 0. The molecule has 7 heteroatoms. The molecule has 1 atom stereocenters. The summed E-state index contributed by atoms with van der Waals surface area (Å²) in [5.74, 6) is 0.721. The van der Waals surface area contributed by atoms with Crippen LogP contribution in [0.3, 0.4) is 0 Å². The number of carbonyl (C=O) groups excluding carboxylic acids is 1. The number of carbonyl (C=O) groups is 1. The Morgan fingerprint density at radius 1 is 1.50 bits per heavy atom. The average molecular weight is 448 g/mol. The number of aliphatic imine (C=N–C) groups is 1. The normalized spacial score (nSPS) is 18.0. The highest BCUT2D eigenvalue weighted by Crippen LogP contribution is 2.14. The SMILES string of the molecule is CC1CCCN(C(N)=NCCNC(=O)Cc2cccc(F)c2)C1.I. The van der Waals surface area contributed by atoms with E-state index in [-0.39, 0.29) is 42.1 Å². The van der Waals surface area contributed by atoms with E-state index < -0.39 is 0 Å². The number of benzene rings is 1. The summed E-state index contributed by atoms with van der Waals surface area (Å²) in [6, 6.07) is 6.06. The Morgan fingerprint density at radius 2 is 2.29 bits per heavy atom. The van der Waals surface area contributed by atoms with E-state index in [9.17, 15) is 9.18 Å². The number of hydrogen-bond acceptors (Lipinski definition) is 2. The zero-order valence-corrected chi connectivity index (χ0v) is 16.3. The van der Waals surface area contributed by atoms with Gasteiger partial charge in [-0.3, -0.25) is 9.79 Å². The number of nitrogens with two attached hydrogens (primary N) is 1. The average Bonchev–Trinajstić information content (AvgIpc) is 2.51. The molecule has 1 fully saturated rings. The fraction of sp³-hybridized carbons (Fsp3) is 0.529. The van der Waals surface area contributed by atoms with Crippen molar-refractivity contribution in [3.05, 3.63) is 35.6 Å². The first-order chi connectivity index (χ1) is 11.0. The summed E-state index contributed by atoms with van der Waals surface area (Å²) >= 11 is 0. The van der Waals surface area contributed by atoms with Crippen molar-refractivity contribution in [2.45, 2.75) is 26.2 Å². The van der Waals surface area contributed by atoms with Crippen LogP contribution < -0.4 is 11.1 Å². The van der Waals surface area contributed by atoms with Gasteiger partial charge in [0.1, 0.15) is 5.82 Å². The highest BCUT2D eigenvalue weighted by atomic mass is 127. The van der Waals surface area contributed by atoms with Gasteiger partial charge in [-0.25, -0.2) is 4.39 Å². The Morgan fingerprint density at radius 3 is 3.00 bits per heavy atom. The molecule has 0 aliphatic carbocycles. The lowest BCUT2D eigenvalue weighted by Crippen LogP contribution is -2.43. The van der Waals surface area contributed by atoms with E-state index in [0.717, 1.165) is 19.5 Å². The van der Waals surface area contributed by atoms with Crippen LogP contribution in [0.1, 0.15) is 25.3 Å². The fourth-order valence-electron chi connectivity index (χ4n) is 2.76. The van der Waals surface area contributed by atoms with Crippen LogP contribution in [-0.2, 0) is 11.2 Å². The van der Waals surface area contributed by atoms with Crippen LogP contribution in [0.15, 0.2) is 29.3 Å². The van der Waals surface area contributed by atoms with Crippen LogP contribution in [0.4, 0.5) is 4.39 Å². The van der Waals surface area contributed by atoms with Gasteiger partial charge < -0.3 is 16.0 Å². The second kappa shape index (κ2) is 10.5. The second-order valence-corrected chi connectivity index (χ2v) is 6.09. The molecule has 5 nitrogen and oxygen atoms in total. The molecule has 3 N–H and O–H groups in total. The van der Waals surface area contributed by atoms with Gasteiger partial charge in [-0.2, -0.15) is 0 Å². The van der Waals surface area contributed by atoms with E-state index >= 15 is 0 Å². The van der Waals surface area contributed by atoms with Crippen molar-refractivity contribution < 1.29 is 9.18 Å². The molecule has 0 aromatic heterocycles. The molecule has 1 unspecified atom stereocenters. The number of nitrogens with zero attached hydrogens (tertiary/aromatic N) is 2. The summed E-state index contributed by atoms with van der Waals surface area (Å²) in [6.07, 6.45) is 2.54. The van der Waals surface area contributed by atoms with Crippen LogP contribution >= 0.6 is 24.0 Å². The first-order valence-electron chi connectivity index (χ1n) is 8.10. The van der Waals surface area contributed by atoms with Gasteiger partial charge in [-0.05, 0) is 36.5 Å². The van der Waals surface area contributed by atoms with Gasteiger partial charge in [0.05, 0.1) is 13.0 Å². The van der Waals surface area contributed by atoms with Crippen LogP contribution in [0.2, 0.25) is 0 Å². The molecule has 24 heavy (non-hydrogen) atoms. The zero-order chi connectivity index (χ0) is 16.7. The third-order valence-electron chi connectivity index (χ3n) is 3.94. The topological polar surface area (TPSA) is 70.7 Å². The van der Waals surface area contributed by atoms with E-state index in [2.05, 4.69) is 22.1 Å². The maximum Gasteiger partial charge on any atom is 0.224 e. The molecular weight excluding hydrogens is 422 g/mol. The predicted octanol–water partition coefficient (Wildman–Crippen LogP) is 2.15. The lowest BCUT2D eigenvalue weighted by Gasteiger charge is -2.31. The lowest BCUT2D eigenvalue weighted by atomic mass is 10.0. The molecule has 1 saturated heterocycles. The van der Waals surface area contributed by atoms with Crippen LogP contribution in [0.25, 0.3) is 0 Å². The molecule has 1 aliphatic rings. The summed E-state index contributed by atoms with van der Waals surface area (Å²) in [4.78, 5) is 18.2. The number of likely N-dealkylation sites (tertiary alicyclic amines) is 1. The Bertz CT molecular complexity index is 567. The highest BCUT2D eigenvalue weighted by Gasteiger charge is 2.17. The van der Waals surface area contributed by atoms with Gasteiger partial charge in [0.15, 0.2) is 5.96 Å². The summed E-state index contributed by atoms with van der Waals surface area (Å²) in [5.41, 5.74) is 6.65. The molecule has 1 heterocycles. The molecule has 0 spiro atoms. The first-order valence-corrected chi connectivity index (χ1v) is 8.10. The third kappa shape index (κ3) is 7.02. The van der Waals surface area contributed by atoms with E-state index in [1.807, 2.05) is 0 Å². The monoisotopic (exact) mass is 448 g/mol. The number of guanidine groups is 1. The van der Waals surface area contributed by atoms with Crippen LogP contribution in [0, 0.1) is 11.7 Å². The van der Waals surface area contributed by atoms with Gasteiger partial charge in [-0.1, -0.05) is 19.1 Å². The Hall–Kier alpha value is -1.38. The molecule has 1 aliphatic heterocycles. The number of nitrogens with one attached hydrogen (secondary N) is 1. The molecule has 1 aromatic carbocycles. The molecular formula is C17H26FIN4O. The second-order valence-electron chi connectivity index (χ2n) is 6.09. The van der Waals surface area contributed by atoms with Crippen molar-refractivity contribution >= 4 is 35.8 Å². The van der Waals surface area contributed by atoms with Gasteiger partial charge in [0.2, 0.25) is 5.91 Å². The number of amides is 1. The molecule has 134 valence electrons. The molecule has 0 bridgehead atoms. The van der Waals surface area contributed by atoms with Crippen molar-refractivity contribution in [1.82, 2.24) is 10.2 Å². The number of hydrogen-bond donors (Lipinski definition) is 2. The first kappa shape index (κ1) is 20.7. The largest absolute Gasteiger partial charge is 0.370 e. The Labute approximate surface area is 159 Å². The summed E-state index contributed by atoms with van der Waals surface area (Å²) in [6.45, 7) is 4.99. The molecule has 1 aromatic rings.